The second kappa shape index (κ2) is 12.4. The number of carboxylic acids is 1. The van der Waals surface area contributed by atoms with Gasteiger partial charge in [-0.25, -0.2) is 4.39 Å². The van der Waals surface area contributed by atoms with Gasteiger partial charge in [0, 0.05) is 23.0 Å². The fourth-order valence-corrected chi connectivity index (χ4v) is 5.83. The van der Waals surface area contributed by atoms with Crippen molar-refractivity contribution in [1.29, 1.82) is 0 Å². The molecular formula is C28H33FN2O3S. The molecule has 3 aromatic rings. The number of ether oxygens (including phenoxy) is 1. The lowest BCUT2D eigenvalue weighted by atomic mass is 9.81. The Kier molecular flexibility index (Phi) is 8.99. The van der Waals surface area contributed by atoms with Gasteiger partial charge in [0.25, 0.3) is 0 Å². The molecule has 0 aliphatic carbocycles. The lowest BCUT2D eigenvalue weighted by Crippen LogP contribution is -2.44. The molecule has 1 aliphatic heterocycles. The molecule has 2 atom stereocenters. The van der Waals surface area contributed by atoms with Gasteiger partial charge in [0.1, 0.15) is 11.6 Å². The summed E-state index contributed by atoms with van der Waals surface area (Å²) in [5.74, 6) is 0.753. The standard InChI is InChI=1S/C28H33FN2O3S/c1-34-23-8-11-27-25(18-23)20(12-14-30-27)4-2-5-21-13-16-31(19-26(21)28(32)33)15-3-17-35-24-9-6-22(29)7-10-24/h6-12,14,18,21,26H,2-5,13,15-17,19H2,1H3,(H,32,33)/t21-,26+/m1/s1. The number of pyridine rings is 1. The first-order valence-corrected chi connectivity index (χ1v) is 13.3. The average Bonchev–Trinajstić information content (AvgIpc) is 2.88. The van der Waals surface area contributed by atoms with Crippen LogP contribution in [0.1, 0.15) is 31.2 Å². The van der Waals surface area contributed by atoms with Crippen LogP contribution in [0, 0.1) is 17.7 Å². The summed E-state index contributed by atoms with van der Waals surface area (Å²) in [4.78, 5) is 19.9. The number of hydrogen-bond acceptors (Lipinski definition) is 5. The number of carboxylic acid groups (broad SMARTS) is 1. The summed E-state index contributed by atoms with van der Waals surface area (Å²) in [5, 5.41) is 11.0. The van der Waals surface area contributed by atoms with Crippen molar-refractivity contribution < 1.29 is 19.0 Å². The molecule has 4 rings (SSSR count). The van der Waals surface area contributed by atoms with E-state index in [-0.39, 0.29) is 17.7 Å². The first kappa shape index (κ1) is 25.5. The van der Waals surface area contributed by atoms with E-state index in [0.717, 1.165) is 72.5 Å². The maximum absolute atomic E-state index is 13.0. The Labute approximate surface area is 210 Å². The second-order valence-electron chi connectivity index (χ2n) is 9.20. The van der Waals surface area contributed by atoms with Crippen molar-refractivity contribution in [2.24, 2.45) is 11.8 Å². The SMILES string of the molecule is COc1ccc2nccc(CCC[C@@H]3CCN(CCCSc4ccc(F)cc4)C[C@@H]3C(=O)O)c2c1. The molecule has 0 amide bonds. The minimum Gasteiger partial charge on any atom is -0.497 e. The number of aliphatic carboxylic acids is 1. The second-order valence-corrected chi connectivity index (χ2v) is 10.4. The Morgan fingerprint density at radius 3 is 2.80 bits per heavy atom. The fraction of sp³-hybridized carbons (Fsp3) is 0.429. The highest BCUT2D eigenvalue weighted by molar-refractivity contribution is 7.99. The van der Waals surface area contributed by atoms with Gasteiger partial charge in [-0.2, -0.15) is 0 Å². The van der Waals surface area contributed by atoms with Crippen LogP contribution < -0.4 is 4.74 Å². The molecule has 0 spiro atoms. The predicted octanol–water partition coefficient (Wildman–Crippen LogP) is 5.91. The summed E-state index contributed by atoms with van der Waals surface area (Å²) in [5.41, 5.74) is 2.19. The van der Waals surface area contributed by atoms with Crippen LogP contribution in [0.3, 0.4) is 0 Å². The van der Waals surface area contributed by atoms with Gasteiger partial charge in [-0.3, -0.25) is 9.78 Å². The quantitative estimate of drug-likeness (QED) is 0.263. The normalized spacial score (nSPS) is 18.6. The van der Waals surface area contributed by atoms with Crippen LogP contribution in [0.15, 0.2) is 59.6 Å². The van der Waals surface area contributed by atoms with Crippen LogP contribution in [0.5, 0.6) is 5.75 Å². The largest absolute Gasteiger partial charge is 0.497 e. The molecule has 0 radical (unpaired) electrons. The van der Waals surface area contributed by atoms with Crippen LogP contribution in [-0.4, -0.2) is 53.5 Å². The van der Waals surface area contributed by atoms with Crippen molar-refractivity contribution in [3.63, 3.8) is 0 Å². The van der Waals surface area contributed by atoms with E-state index in [1.807, 2.05) is 24.4 Å². The van der Waals surface area contributed by atoms with Crippen molar-refractivity contribution in [1.82, 2.24) is 9.88 Å². The summed E-state index contributed by atoms with van der Waals surface area (Å²) in [6.45, 7) is 2.47. The summed E-state index contributed by atoms with van der Waals surface area (Å²) in [7, 11) is 1.67. The molecule has 5 nitrogen and oxygen atoms in total. The van der Waals surface area contributed by atoms with E-state index >= 15 is 0 Å². The maximum Gasteiger partial charge on any atom is 0.308 e. The Balaban J connectivity index is 1.25. The molecule has 1 N–H and O–H groups in total. The minimum absolute atomic E-state index is 0.208. The van der Waals surface area contributed by atoms with Crippen LogP contribution in [0.25, 0.3) is 10.9 Å². The van der Waals surface area contributed by atoms with Gasteiger partial charge < -0.3 is 14.7 Å². The van der Waals surface area contributed by atoms with Crippen molar-refractivity contribution in [2.45, 2.75) is 37.0 Å². The zero-order valence-corrected chi connectivity index (χ0v) is 21.0. The van der Waals surface area contributed by atoms with Gasteiger partial charge in [0.15, 0.2) is 0 Å². The molecule has 2 aromatic carbocycles. The number of carbonyl (C=O) groups is 1. The number of rotatable bonds is 11. The highest BCUT2D eigenvalue weighted by Gasteiger charge is 2.33. The number of thioether (sulfide) groups is 1. The van der Waals surface area contributed by atoms with Crippen molar-refractivity contribution >= 4 is 28.6 Å². The van der Waals surface area contributed by atoms with Gasteiger partial charge in [0.05, 0.1) is 18.5 Å². The van der Waals surface area contributed by atoms with Gasteiger partial charge in [-0.15, -0.1) is 11.8 Å². The summed E-state index contributed by atoms with van der Waals surface area (Å²) in [6.07, 6.45) is 6.53. The average molecular weight is 497 g/mol. The van der Waals surface area contributed by atoms with Crippen LogP contribution in [0.2, 0.25) is 0 Å². The number of methoxy groups -OCH3 is 1. The smallest absolute Gasteiger partial charge is 0.308 e. The molecule has 1 aromatic heterocycles. The summed E-state index contributed by atoms with van der Waals surface area (Å²) < 4.78 is 18.4. The Morgan fingerprint density at radius 1 is 1.20 bits per heavy atom. The lowest BCUT2D eigenvalue weighted by Gasteiger charge is -2.36. The van der Waals surface area contributed by atoms with E-state index in [2.05, 4.69) is 16.0 Å². The van der Waals surface area contributed by atoms with Crippen molar-refractivity contribution in [3.8, 4) is 5.75 Å². The summed E-state index contributed by atoms with van der Waals surface area (Å²) >= 11 is 1.72. The predicted molar refractivity (Wildman–Crippen MR) is 139 cm³/mol. The fourth-order valence-electron chi connectivity index (χ4n) is 4.99. The number of fused-ring (bicyclic) bond motifs is 1. The van der Waals surface area contributed by atoms with Crippen LogP contribution in [0.4, 0.5) is 4.39 Å². The molecule has 1 saturated heterocycles. The number of nitrogens with zero attached hydrogens (tertiary/aromatic N) is 2. The topological polar surface area (TPSA) is 62.7 Å². The van der Waals surface area contributed by atoms with E-state index in [1.165, 1.54) is 17.7 Å². The molecule has 0 bridgehead atoms. The number of benzene rings is 2. The number of halogens is 1. The molecule has 186 valence electrons. The van der Waals surface area contributed by atoms with Crippen molar-refractivity contribution in [3.05, 3.63) is 66.1 Å². The highest BCUT2D eigenvalue weighted by Crippen LogP contribution is 2.30. The number of aryl methyl sites for hydroxylation is 1. The zero-order valence-electron chi connectivity index (χ0n) is 20.2. The number of hydrogen-bond donors (Lipinski definition) is 1. The molecule has 1 aliphatic rings. The van der Waals surface area contributed by atoms with E-state index < -0.39 is 5.97 Å². The molecule has 1 fully saturated rings. The van der Waals surface area contributed by atoms with Crippen LogP contribution >= 0.6 is 11.8 Å². The number of likely N-dealkylation sites (tertiary alicyclic amines) is 1. The molecule has 2 heterocycles. The van der Waals surface area contributed by atoms with E-state index in [1.54, 1.807) is 31.0 Å². The third-order valence-corrected chi connectivity index (χ3v) is 8.02. The molecule has 35 heavy (non-hydrogen) atoms. The van der Waals surface area contributed by atoms with E-state index in [0.29, 0.717) is 6.54 Å². The van der Waals surface area contributed by atoms with E-state index in [4.69, 9.17) is 4.74 Å². The third kappa shape index (κ3) is 6.95. The number of aromatic nitrogens is 1. The Morgan fingerprint density at radius 2 is 2.03 bits per heavy atom. The first-order chi connectivity index (χ1) is 17.0. The maximum atomic E-state index is 13.0. The molecule has 0 saturated carbocycles. The van der Waals surface area contributed by atoms with Crippen LogP contribution in [-0.2, 0) is 11.2 Å². The minimum atomic E-state index is -0.681. The van der Waals surface area contributed by atoms with E-state index in [9.17, 15) is 14.3 Å². The number of piperidine rings is 1. The van der Waals surface area contributed by atoms with Gasteiger partial charge in [0.2, 0.25) is 0 Å². The lowest BCUT2D eigenvalue weighted by molar-refractivity contribution is -0.146. The third-order valence-electron chi connectivity index (χ3n) is 6.92. The monoisotopic (exact) mass is 496 g/mol. The Hall–Kier alpha value is -2.64. The first-order valence-electron chi connectivity index (χ1n) is 12.3. The van der Waals surface area contributed by atoms with Gasteiger partial charge in [-0.1, -0.05) is 0 Å². The molecule has 0 unspecified atom stereocenters. The molecular weight excluding hydrogens is 463 g/mol. The zero-order chi connectivity index (χ0) is 24.6. The molecule has 7 heteroatoms. The van der Waals surface area contributed by atoms with Gasteiger partial charge >= 0.3 is 5.97 Å². The van der Waals surface area contributed by atoms with Gasteiger partial charge in [-0.05, 0) is 111 Å². The highest BCUT2D eigenvalue weighted by atomic mass is 32.2. The van der Waals surface area contributed by atoms with Crippen molar-refractivity contribution in [2.75, 3.05) is 32.5 Å². The Bertz CT molecular complexity index is 1120. The summed E-state index contributed by atoms with van der Waals surface area (Å²) in [6, 6.07) is 14.6.